The smallest absolute Gasteiger partial charge is 0.317 e. The van der Waals surface area contributed by atoms with Gasteiger partial charge >= 0.3 is 6.03 Å². The molecule has 0 spiro atoms. The van der Waals surface area contributed by atoms with Crippen molar-refractivity contribution < 1.29 is 14.3 Å². The van der Waals surface area contributed by atoms with Crippen molar-refractivity contribution in [1.29, 1.82) is 0 Å². The third kappa shape index (κ3) is 5.76. The van der Waals surface area contributed by atoms with Crippen LogP contribution in [0.4, 0.5) is 4.79 Å². The molecule has 2 amide bonds. The Labute approximate surface area is 160 Å². The zero-order valence-electron chi connectivity index (χ0n) is 15.2. The Hall–Kier alpha value is -1.50. The highest BCUT2D eigenvalue weighted by atomic mass is 35.5. The molecule has 0 saturated carbocycles. The Morgan fingerprint density at radius 3 is 2.81 bits per heavy atom. The van der Waals surface area contributed by atoms with Crippen LogP contribution in [0.3, 0.4) is 0 Å². The summed E-state index contributed by atoms with van der Waals surface area (Å²) < 4.78 is 11.2. The molecule has 2 saturated heterocycles. The van der Waals surface area contributed by atoms with Crippen LogP contribution in [0.25, 0.3) is 0 Å². The van der Waals surface area contributed by atoms with Gasteiger partial charge in [-0.2, -0.15) is 0 Å². The average Bonchev–Trinajstić information content (AvgIpc) is 2.69. The van der Waals surface area contributed by atoms with Crippen LogP contribution in [-0.2, 0) is 4.74 Å². The first-order valence-corrected chi connectivity index (χ1v) is 9.80. The van der Waals surface area contributed by atoms with Gasteiger partial charge in [0.1, 0.15) is 12.4 Å². The van der Waals surface area contributed by atoms with Crippen molar-refractivity contribution in [3.8, 4) is 5.75 Å². The molecular formula is C19H28ClN3O3. The molecule has 26 heavy (non-hydrogen) atoms. The van der Waals surface area contributed by atoms with Crippen LogP contribution in [0.15, 0.2) is 24.3 Å². The fourth-order valence-electron chi connectivity index (χ4n) is 3.33. The Balaban J connectivity index is 1.31. The van der Waals surface area contributed by atoms with Crippen molar-refractivity contribution in [2.24, 2.45) is 5.92 Å². The molecule has 2 aliphatic heterocycles. The van der Waals surface area contributed by atoms with Gasteiger partial charge in [0, 0.05) is 45.9 Å². The van der Waals surface area contributed by atoms with Gasteiger partial charge in [-0.05, 0) is 30.9 Å². The summed E-state index contributed by atoms with van der Waals surface area (Å²) in [5.74, 6) is 1.18. The summed E-state index contributed by atoms with van der Waals surface area (Å²) in [6.07, 6.45) is 2.23. The Morgan fingerprint density at radius 2 is 2.08 bits per heavy atom. The van der Waals surface area contributed by atoms with Gasteiger partial charge in [0.2, 0.25) is 0 Å². The molecular weight excluding hydrogens is 354 g/mol. The van der Waals surface area contributed by atoms with E-state index in [0.29, 0.717) is 24.1 Å². The summed E-state index contributed by atoms with van der Waals surface area (Å²) in [4.78, 5) is 16.5. The zero-order valence-corrected chi connectivity index (χ0v) is 15.9. The van der Waals surface area contributed by atoms with E-state index in [1.165, 1.54) is 0 Å². The second kappa shape index (κ2) is 10.00. The molecule has 7 heteroatoms. The Kier molecular flexibility index (Phi) is 7.41. The van der Waals surface area contributed by atoms with Crippen LogP contribution in [-0.4, -0.2) is 74.9 Å². The predicted octanol–water partition coefficient (Wildman–Crippen LogP) is 2.47. The molecule has 1 unspecified atom stereocenters. The Morgan fingerprint density at radius 1 is 1.27 bits per heavy atom. The lowest BCUT2D eigenvalue weighted by Gasteiger charge is -2.35. The minimum atomic E-state index is 0.0440. The van der Waals surface area contributed by atoms with Crippen molar-refractivity contribution in [3.63, 3.8) is 0 Å². The number of carbonyl (C=O) groups excluding carboxylic acids is 1. The molecule has 1 aromatic rings. The maximum absolute atomic E-state index is 12.3. The van der Waals surface area contributed by atoms with Crippen LogP contribution in [0, 0.1) is 5.92 Å². The second-order valence-electron chi connectivity index (χ2n) is 6.88. The molecule has 0 aliphatic carbocycles. The van der Waals surface area contributed by atoms with Gasteiger partial charge in [-0.25, -0.2) is 4.79 Å². The number of hydrogen-bond donors (Lipinski definition) is 1. The third-order valence-corrected chi connectivity index (χ3v) is 5.27. The summed E-state index contributed by atoms with van der Waals surface area (Å²) in [6.45, 7) is 6.99. The summed E-state index contributed by atoms with van der Waals surface area (Å²) in [5, 5.41) is 3.69. The number of benzene rings is 1. The number of halogens is 1. The van der Waals surface area contributed by atoms with E-state index in [2.05, 4.69) is 10.2 Å². The number of nitrogens with one attached hydrogen (secondary N) is 1. The van der Waals surface area contributed by atoms with Crippen LogP contribution >= 0.6 is 11.6 Å². The number of ether oxygens (including phenoxy) is 2. The first kappa shape index (κ1) is 19.3. The van der Waals surface area contributed by atoms with Crippen LogP contribution in [0.1, 0.15) is 12.8 Å². The van der Waals surface area contributed by atoms with Crippen molar-refractivity contribution in [2.45, 2.75) is 12.8 Å². The van der Waals surface area contributed by atoms with Gasteiger partial charge in [-0.1, -0.05) is 23.7 Å². The number of carbonyl (C=O) groups is 1. The van der Waals surface area contributed by atoms with Gasteiger partial charge in [-0.15, -0.1) is 0 Å². The van der Waals surface area contributed by atoms with E-state index in [4.69, 9.17) is 21.1 Å². The number of amides is 2. The average molecular weight is 382 g/mol. The summed E-state index contributed by atoms with van der Waals surface area (Å²) in [7, 11) is 0. The van der Waals surface area contributed by atoms with Gasteiger partial charge in [0.15, 0.2) is 0 Å². The van der Waals surface area contributed by atoms with Crippen molar-refractivity contribution in [3.05, 3.63) is 29.3 Å². The molecule has 0 bridgehead atoms. The highest BCUT2D eigenvalue weighted by Crippen LogP contribution is 2.22. The topological polar surface area (TPSA) is 54.0 Å². The number of piperazine rings is 1. The number of urea groups is 1. The number of hydrogen-bond acceptors (Lipinski definition) is 4. The zero-order chi connectivity index (χ0) is 18.2. The molecule has 1 N–H and O–H groups in total. The van der Waals surface area contributed by atoms with E-state index >= 15 is 0 Å². The first-order chi connectivity index (χ1) is 12.7. The molecule has 0 aromatic heterocycles. The van der Waals surface area contributed by atoms with E-state index in [-0.39, 0.29) is 6.03 Å². The molecule has 2 heterocycles. The third-order valence-electron chi connectivity index (χ3n) is 4.96. The SMILES string of the molecule is O=C(NCC1CCCOC1)N1CCN(CCOc2ccccc2Cl)CC1. The standard InChI is InChI=1S/C19H28ClN3O3/c20-17-5-1-2-6-18(17)26-13-11-22-7-9-23(10-8-22)19(24)21-14-16-4-3-12-25-15-16/h1-2,5-6,16H,3-4,7-15H2,(H,21,24). The Bertz CT molecular complexity index is 573. The van der Waals surface area contributed by atoms with Gasteiger partial charge < -0.3 is 19.7 Å². The maximum atomic E-state index is 12.3. The maximum Gasteiger partial charge on any atom is 0.317 e. The summed E-state index contributed by atoms with van der Waals surface area (Å²) in [5.41, 5.74) is 0. The van der Waals surface area contributed by atoms with E-state index in [1.807, 2.05) is 29.2 Å². The number of rotatable bonds is 6. The fourth-order valence-corrected chi connectivity index (χ4v) is 3.52. The number of nitrogens with zero attached hydrogens (tertiary/aromatic N) is 2. The minimum Gasteiger partial charge on any atom is -0.491 e. The predicted molar refractivity (Wildman–Crippen MR) is 102 cm³/mol. The highest BCUT2D eigenvalue weighted by Gasteiger charge is 2.22. The molecule has 3 rings (SSSR count). The quantitative estimate of drug-likeness (QED) is 0.822. The molecule has 6 nitrogen and oxygen atoms in total. The van der Waals surface area contributed by atoms with Crippen LogP contribution in [0.5, 0.6) is 5.75 Å². The highest BCUT2D eigenvalue weighted by molar-refractivity contribution is 6.32. The van der Waals surface area contributed by atoms with E-state index < -0.39 is 0 Å². The lowest BCUT2D eigenvalue weighted by atomic mass is 10.0. The van der Waals surface area contributed by atoms with Crippen molar-refractivity contribution in [2.75, 3.05) is 59.1 Å². The van der Waals surface area contributed by atoms with Crippen LogP contribution in [0.2, 0.25) is 5.02 Å². The molecule has 0 radical (unpaired) electrons. The lowest BCUT2D eigenvalue weighted by Crippen LogP contribution is -2.53. The summed E-state index contributed by atoms with van der Waals surface area (Å²) >= 11 is 6.09. The molecule has 144 valence electrons. The molecule has 2 aliphatic rings. The van der Waals surface area contributed by atoms with E-state index in [1.54, 1.807) is 0 Å². The van der Waals surface area contributed by atoms with Gasteiger partial charge in [-0.3, -0.25) is 4.90 Å². The fraction of sp³-hybridized carbons (Fsp3) is 0.632. The largest absolute Gasteiger partial charge is 0.491 e. The molecule has 2 fully saturated rings. The van der Waals surface area contributed by atoms with Crippen molar-refractivity contribution >= 4 is 17.6 Å². The van der Waals surface area contributed by atoms with E-state index in [9.17, 15) is 4.79 Å². The van der Waals surface area contributed by atoms with E-state index in [0.717, 1.165) is 64.5 Å². The second-order valence-corrected chi connectivity index (χ2v) is 7.28. The normalized spacial score (nSPS) is 21.4. The monoisotopic (exact) mass is 381 g/mol. The molecule has 1 atom stereocenters. The van der Waals surface area contributed by atoms with Gasteiger partial charge in [0.05, 0.1) is 11.6 Å². The lowest BCUT2D eigenvalue weighted by molar-refractivity contribution is 0.0546. The summed E-state index contributed by atoms with van der Waals surface area (Å²) in [6, 6.07) is 7.55. The molecule has 1 aromatic carbocycles. The number of para-hydroxylation sites is 1. The minimum absolute atomic E-state index is 0.0440. The first-order valence-electron chi connectivity index (χ1n) is 9.42. The van der Waals surface area contributed by atoms with Crippen molar-refractivity contribution in [1.82, 2.24) is 15.1 Å². The van der Waals surface area contributed by atoms with Gasteiger partial charge in [0.25, 0.3) is 0 Å². The van der Waals surface area contributed by atoms with Crippen LogP contribution < -0.4 is 10.1 Å².